The van der Waals surface area contributed by atoms with E-state index in [-0.39, 0.29) is 0 Å². The Labute approximate surface area is 115 Å². The lowest BCUT2D eigenvalue weighted by molar-refractivity contribution is 2.33. The van der Waals surface area contributed by atoms with E-state index in [1.54, 1.807) is 0 Å². The second-order valence-electron chi connectivity index (χ2n) is 2.16. The minimum Gasteiger partial charge on any atom is -0.158 e. The number of hydrogen-bond donors (Lipinski definition) is 0. The summed E-state index contributed by atoms with van der Waals surface area (Å²) in [7, 11) is 4.89. The van der Waals surface area contributed by atoms with Crippen molar-refractivity contribution >= 4 is 7.85 Å². The molecule has 0 aromatic rings. The van der Waals surface area contributed by atoms with Gasteiger partial charge in [0.2, 0.25) is 0 Å². The fraction of sp³-hybridized carbons (Fsp3) is 0. The third-order valence-electron chi connectivity index (χ3n) is 1.02. The molecule has 0 rings (SSSR count). The molecule has 0 aromatic heterocycles. The van der Waals surface area contributed by atoms with Crippen LogP contribution in [0.1, 0.15) is 0 Å². The summed E-state index contributed by atoms with van der Waals surface area (Å²) in [5, 5.41) is 0. The molecular weight excluding hydrogens is 227 g/mol. The molecule has 0 amide bonds. The predicted octanol–water partition coefficient (Wildman–Crippen LogP) is -0.227. The van der Waals surface area contributed by atoms with Gasteiger partial charge in [0.15, 0.2) is 7.85 Å². The molecule has 0 spiro atoms. The zero-order chi connectivity index (χ0) is 14.0. The third kappa shape index (κ3) is 14.1. The smallest absolute Gasteiger partial charge is 0.158 e. The summed E-state index contributed by atoms with van der Waals surface area (Å²) in [5.41, 5.74) is 0. The topological polar surface area (TPSA) is 0 Å². The lowest BCUT2D eigenvalue weighted by atomic mass is 10.2. The molecule has 0 saturated carbocycles. The predicted molar refractivity (Wildman–Crippen MR) is 76.8 cm³/mol. The Balaban J connectivity index is 4.32. The van der Waals surface area contributed by atoms with Crippen molar-refractivity contribution in [1.29, 1.82) is 0 Å². The van der Waals surface area contributed by atoms with Crippen molar-refractivity contribution in [3.8, 4) is 107 Å². The van der Waals surface area contributed by atoms with Crippen molar-refractivity contribution in [2.24, 2.45) is 0 Å². The monoisotopic (exact) mass is 228 g/mol. The molecule has 0 aliphatic heterocycles. The minimum atomic E-state index is 2.12. The molecule has 76 valence electrons. The molecule has 0 atom stereocenters. The van der Waals surface area contributed by atoms with E-state index in [9.17, 15) is 0 Å². The SMILES string of the molecule is [B]C#CC#CC#CC#CC#CC#CC#CC#CC#C. The van der Waals surface area contributed by atoms with Crippen molar-refractivity contribution in [2.45, 2.75) is 0 Å². The first kappa shape index (κ1) is 15.1. The van der Waals surface area contributed by atoms with Crippen molar-refractivity contribution < 1.29 is 0 Å². The largest absolute Gasteiger partial charge is 0.189 e. The van der Waals surface area contributed by atoms with Crippen LogP contribution in [0, 0.1) is 107 Å². The zero-order valence-electron chi connectivity index (χ0n) is 9.65. The molecule has 0 fully saturated rings. The van der Waals surface area contributed by atoms with E-state index in [1.807, 2.05) is 0 Å². The molecule has 2 radical (unpaired) electrons. The maximum absolute atomic E-state index is 4.89. The van der Waals surface area contributed by atoms with Crippen LogP contribution in [-0.4, -0.2) is 7.85 Å². The van der Waals surface area contributed by atoms with E-state index < -0.39 is 0 Å². The van der Waals surface area contributed by atoms with E-state index in [1.165, 1.54) is 0 Å². The molecule has 0 aliphatic rings. The van der Waals surface area contributed by atoms with Crippen LogP contribution in [0.5, 0.6) is 0 Å². The fourth-order valence-corrected chi connectivity index (χ4v) is 0.478. The van der Waals surface area contributed by atoms with Gasteiger partial charge in [-0.15, -0.1) is 6.42 Å². The van der Waals surface area contributed by atoms with Gasteiger partial charge in [-0.2, -0.15) is 5.82 Å². The number of hydrogen-bond acceptors (Lipinski definition) is 0. The van der Waals surface area contributed by atoms with Crippen LogP contribution in [-0.2, 0) is 0 Å². The van der Waals surface area contributed by atoms with E-state index in [0.29, 0.717) is 0 Å². The number of rotatable bonds is 0. The van der Waals surface area contributed by atoms with E-state index >= 15 is 0 Å². The summed E-state index contributed by atoms with van der Waals surface area (Å²) in [4.78, 5) is 0. The van der Waals surface area contributed by atoms with Gasteiger partial charge < -0.3 is 0 Å². The highest BCUT2D eigenvalue weighted by atomic mass is 13.6. The van der Waals surface area contributed by atoms with Crippen LogP contribution in [0.15, 0.2) is 0 Å². The maximum Gasteiger partial charge on any atom is 0.189 e. The van der Waals surface area contributed by atoms with E-state index in [2.05, 4.69) is 101 Å². The molecule has 0 saturated heterocycles. The molecular formula is C18HB. The summed E-state index contributed by atoms with van der Waals surface area (Å²) < 4.78 is 0. The Kier molecular flexibility index (Phi) is 11.2. The van der Waals surface area contributed by atoms with Gasteiger partial charge in [0.25, 0.3) is 0 Å². The lowest BCUT2D eigenvalue weighted by Crippen LogP contribution is -1.56. The van der Waals surface area contributed by atoms with Gasteiger partial charge in [-0.25, -0.2) is 0 Å². The van der Waals surface area contributed by atoms with Crippen molar-refractivity contribution in [1.82, 2.24) is 0 Å². The first-order valence-electron chi connectivity index (χ1n) is 4.58. The van der Waals surface area contributed by atoms with Gasteiger partial charge in [-0.1, -0.05) is 0 Å². The van der Waals surface area contributed by atoms with Crippen molar-refractivity contribution in [2.75, 3.05) is 0 Å². The van der Waals surface area contributed by atoms with Crippen LogP contribution in [0.25, 0.3) is 0 Å². The van der Waals surface area contributed by atoms with Gasteiger partial charge in [0.05, 0.1) is 0 Å². The molecule has 0 aromatic carbocycles. The molecule has 0 N–H and O–H groups in total. The Morgan fingerprint density at radius 3 is 0.947 bits per heavy atom. The van der Waals surface area contributed by atoms with Crippen LogP contribution in [0.2, 0.25) is 0 Å². The van der Waals surface area contributed by atoms with Gasteiger partial charge in [-0.3, -0.25) is 0 Å². The fourth-order valence-electron chi connectivity index (χ4n) is 0.478. The van der Waals surface area contributed by atoms with Crippen LogP contribution in [0.4, 0.5) is 0 Å². The van der Waals surface area contributed by atoms with Gasteiger partial charge in [-0.05, 0) is 94.7 Å². The average molecular weight is 228 g/mol. The summed E-state index contributed by atoms with van der Waals surface area (Å²) in [6.07, 6.45) is 4.89. The molecule has 0 heterocycles. The second kappa shape index (κ2) is 14.1. The maximum atomic E-state index is 4.89. The molecule has 0 bridgehead atoms. The van der Waals surface area contributed by atoms with Gasteiger partial charge >= 0.3 is 0 Å². The second-order valence-corrected chi connectivity index (χ2v) is 2.16. The van der Waals surface area contributed by atoms with Gasteiger partial charge in [0.1, 0.15) is 0 Å². The third-order valence-corrected chi connectivity index (χ3v) is 1.02. The van der Waals surface area contributed by atoms with E-state index in [4.69, 9.17) is 14.3 Å². The molecule has 0 nitrogen and oxygen atoms in total. The first-order valence-corrected chi connectivity index (χ1v) is 4.58. The highest BCUT2D eigenvalue weighted by Gasteiger charge is 1.57. The molecule has 0 aliphatic carbocycles. The normalized spacial score (nSPS) is 3.74. The average Bonchev–Trinajstić information content (AvgIpc) is 2.43. The van der Waals surface area contributed by atoms with Crippen molar-refractivity contribution in [3.63, 3.8) is 0 Å². The van der Waals surface area contributed by atoms with Crippen molar-refractivity contribution in [3.05, 3.63) is 0 Å². The van der Waals surface area contributed by atoms with Crippen LogP contribution < -0.4 is 0 Å². The lowest BCUT2D eigenvalue weighted by Gasteiger charge is -1.56. The number of terminal acetylenes is 1. The van der Waals surface area contributed by atoms with Crippen LogP contribution >= 0.6 is 0 Å². The molecule has 1 heteroatoms. The Morgan fingerprint density at radius 2 is 0.684 bits per heavy atom. The zero-order valence-corrected chi connectivity index (χ0v) is 9.65. The van der Waals surface area contributed by atoms with Crippen LogP contribution in [0.3, 0.4) is 0 Å². The first-order chi connectivity index (χ1) is 9.41. The summed E-state index contributed by atoms with van der Waals surface area (Å²) in [6, 6.07) is 0. The summed E-state index contributed by atoms with van der Waals surface area (Å²) in [6.45, 7) is 0. The molecule has 0 unspecified atom stereocenters. The van der Waals surface area contributed by atoms with E-state index in [0.717, 1.165) is 0 Å². The summed E-state index contributed by atoms with van der Waals surface area (Å²) in [5.74, 6) is 40.7. The minimum absolute atomic E-state index is 2.12. The summed E-state index contributed by atoms with van der Waals surface area (Å²) >= 11 is 0. The highest BCUT2D eigenvalue weighted by molar-refractivity contribution is 6.22. The Hall–Kier alpha value is -3.90. The highest BCUT2D eigenvalue weighted by Crippen LogP contribution is 1.57. The Bertz CT molecular complexity index is 863. The van der Waals surface area contributed by atoms with Gasteiger partial charge in [0, 0.05) is 0 Å². The standard InChI is InChI=1S/C18HB/c1-2-3-4-5-6-7-8-9-10-11-12-13-14-15-16-17-18-19/h1H. The molecule has 19 heavy (non-hydrogen) atoms. The Morgan fingerprint density at radius 1 is 0.421 bits per heavy atom. The quantitative estimate of drug-likeness (QED) is 0.397.